The van der Waals surface area contributed by atoms with Crippen molar-refractivity contribution in [3.63, 3.8) is 0 Å². The van der Waals surface area contributed by atoms with E-state index in [2.05, 4.69) is 15.6 Å². The number of carboxylic acid groups (broad SMARTS) is 2. The first kappa shape index (κ1) is 49.8. The summed E-state index contributed by atoms with van der Waals surface area (Å²) in [5, 5.41) is 120. The van der Waals surface area contributed by atoms with Gasteiger partial charge in [-0.25, -0.2) is 23.5 Å². The van der Waals surface area contributed by atoms with Crippen molar-refractivity contribution < 1.29 is 113 Å². The molecule has 0 aliphatic carbocycles. The molecule has 3 aliphatic rings. The van der Waals surface area contributed by atoms with Crippen LogP contribution in [-0.4, -0.2) is 205 Å². The minimum absolute atomic E-state index is 0.196. The molecule has 1 unspecified atom stereocenters. The van der Waals surface area contributed by atoms with Gasteiger partial charge in [0, 0.05) is 32.9 Å². The first-order valence-corrected chi connectivity index (χ1v) is 19.5. The predicted octanol–water partition coefficient (Wildman–Crippen LogP) is -8.10. The zero-order valence-electron chi connectivity index (χ0n) is 32.0. The highest BCUT2D eigenvalue weighted by atomic mass is 31.2. The van der Waals surface area contributed by atoms with Gasteiger partial charge in [-0.3, -0.25) is 18.7 Å². The van der Waals surface area contributed by atoms with E-state index in [4.69, 9.17) is 33.7 Å². The zero-order chi connectivity index (χ0) is 45.9. The van der Waals surface area contributed by atoms with Gasteiger partial charge in [-0.2, -0.15) is 4.98 Å². The summed E-state index contributed by atoms with van der Waals surface area (Å²) in [6, 6.07) is -2.43. The number of aromatic nitrogens is 2. The van der Waals surface area contributed by atoms with Crippen LogP contribution in [0.15, 0.2) is 17.1 Å². The lowest BCUT2D eigenvalue weighted by Gasteiger charge is -2.49. The Balaban J connectivity index is 1.62. The predicted molar refractivity (Wildman–Crippen MR) is 190 cm³/mol. The number of rotatable bonds is 18. The molecule has 1 aromatic rings. The van der Waals surface area contributed by atoms with E-state index in [0.29, 0.717) is 0 Å². The standard InChI is InChI=1S/C31H48N5O24P/c1-10(39)33-18-12(41)5-30(27(48)49,58-24(18)20(44)14(43)7-37)57-15(8-38)22(46)25-19(34-11(2)40)13(42)6-31(59-25,28(50)51)60-61(53,54)55-9-16-21(45)23(47)26(56-16)36-4-3-17(32)35-29(36)52/h3-4,12-16,18-26,37-38,41-47H,5-9H2,1-2H3,(H,33,39)(H,34,40)(H,48,49)(H,50,51)(H,53,54)(H2,32,35,52)/t12-,13-,14+,15+,16+,18+,19+,20+,21+,22+,23+,24+,25+,26+,30+,31-/m0/s1. The SMILES string of the molecule is CC(=O)N[C@H]1[C@H]([C@H](O)[C@H](O)CO)O[C@@](O[C@H](CO)[C@@H](O)[C@@H]2O[C@@](OP(=O)(O)OC[C@H]3O[C@@H](n4ccc(N)nc4=O)[C@H](O)[C@@H]3O)(C(=O)O)C[C@H](O)[C@H]2NC(C)=O)(C(=O)O)C[C@@H]1O. The smallest absolute Gasteiger partial charge is 0.475 e. The summed E-state index contributed by atoms with van der Waals surface area (Å²) in [4.78, 5) is 76.0. The third kappa shape index (κ3) is 11.0. The Bertz CT molecular complexity index is 1860. The topological polar surface area (TPSA) is 468 Å². The molecule has 16 N–H and O–H groups in total. The van der Waals surface area contributed by atoms with E-state index >= 15 is 0 Å². The van der Waals surface area contributed by atoms with Crippen LogP contribution >= 0.6 is 7.82 Å². The summed E-state index contributed by atoms with van der Waals surface area (Å²) in [6.45, 7) is -1.87. The second-order valence-corrected chi connectivity index (χ2v) is 15.7. The van der Waals surface area contributed by atoms with E-state index in [9.17, 15) is 89.6 Å². The third-order valence-corrected chi connectivity index (χ3v) is 10.8. The number of amides is 2. The molecule has 30 heteroatoms. The lowest BCUT2D eigenvalue weighted by atomic mass is 9.87. The van der Waals surface area contributed by atoms with Crippen molar-refractivity contribution in [2.24, 2.45) is 0 Å². The van der Waals surface area contributed by atoms with Crippen molar-refractivity contribution in [3.8, 4) is 0 Å². The fourth-order valence-electron chi connectivity index (χ4n) is 6.91. The monoisotopic (exact) mass is 905 g/mol. The van der Waals surface area contributed by atoms with Gasteiger partial charge in [0.2, 0.25) is 11.8 Å². The lowest BCUT2D eigenvalue weighted by Crippen LogP contribution is -2.70. The molecule has 3 fully saturated rings. The summed E-state index contributed by atoms with van der Waals surface area (Å²) in [5.41, 5.74) is 4.43. The fourth-order valence-corrected chi connectivity index (χ4v) is 7.87. The number of nitrogen functional groups attached to an aromatic ring is 1. The molecule has 0 radical (unpaired) electrons. The second-order valence-electron chi connectivity index (χ2n) is 14.3. The number of carbonyl (C=O) groups excluding carboxylic acids is 2. The Morgan fingerprint density at radius 1 is 0.918 bits per heavy atom. The van der Waals surface area contributed by atoms with E-state index in [-0.39, 0.29) is 5.82 Å². The molecule has 3 saturated heterocycles. The number of ether oxygens (including phenoxy) is 4. The molecule has 4 heterocycles. The zero-order valence-corrected chi connectivity index (χ0v) is 32.9. The number of hydrogen-bond donors (Lipinski definition) is 15. The van der Waals surface area contributed by atoms with Gasteiger partial charge >= 0.3 is 25.5 Å². The molecule has 0 spiro atoms. The van der Waals surface area contributed by atoms with Crippen LogP contribution in [0.5, 0.6) is 0 Å². The molecule has 4 rings (SSSR count). The molecule has 17 atom stereocenters. The summed E-state index contributed by atoms with van der Waals surface area (Å²) < 4.78 is 45.6. The Labute approximate surface area is 342 Å². The number of aliphatic hydroxyl groups is 9. The number of carboxylic acids is 2. The van der Waals surface area contributed by atoms with Gasteiger partial charge in [-0.15, -0.1) is 0 Å². The molecule has 0 saturated carbocycles. The number of anilines is 1. The van der Waals surface area contributed by atoms with Crippen LogP contribution in [0.2, 0.25) is 0 Å². The second kappa shape index (κ2) is 19.7. The Kier molecular flexibility index (Phi) is 16.1. The van der Waals surface area contributed by atoms with Gasteiger partial charge in [0.1, 0.15) is 60.8 Å². The molecule has 346 valence electrons. The first-order chi connectivity index (χ1) is 28.3. The number of aliphatic hydroxyl groups excluding tert-OH is 9. The van der Waals surface area contributed by atoms with Crippen LogP contribution in [0.25, 0.3) is 0 Å². The molecular weight excluding hydrogens is 857 g/mol. The van der Waals surface area contributed by atoms with Crippen LogP contribution in [0.1, 0.15) is 32.9 Å². The van der Waals surface area contributed by atoms with Crippen LogP contribution in [0.3, 0.4) is 0 Å². The van der Waals surface area contributed by atoms with Crippen LogP contribution < -0.4 is 22.1 Å². The maximum Gasteiger partial charge on any atom is 0.475 e. The summed E-state index contributed by atoms with van der Waals surface area (Å²) in [5.74, 6) is -13.1. The minimum atomic E-state index is -5.81. The van der Waals surface area contributed by atoms with E-state index in [1.807, 2.05) is 0 Å². The van der Waals surface area contributed by atoms with Crippen molar-refractivity contribution in [3.05, 3.63) is 22.7 Å². The van der Waals surface area contributed by atoms with Crippen LogP contribution in [0, 0.1) is 0 Å². The van der Waals surface area contributed by atoms with Crippen LogP contribution in [-0.2, 0) is 51.7 Å². The van der Waals surface area contributed by atoms with Gasteiger partial charge in [0.05, 0.1) is 44.1 Å². The van der Waals surface area contributed by atoms with Crippen molar-refractivity contribution in [2.75, 3.05) is 25.6 Å². The molecular formula is C31H48N5O24P. The maximum atomic E-state index is 13.3. The molecule has 0 aromatic carbocycles. The maximum absolute atomic E-state index is 13.3. The number of hydrogen-bond acceptors (Lipinski definition) is 23. The molecule has 0 bridgehead atoms. The quantitative estimate of drug-likeness (QED) is 0.0608. The highest BCUT2D eigenvalue weighted by Crippen LogP contribution is 2.51. The van der Waals surface area contributed by atoms with Crippen molar-refractivity contribution >= 4 is 37.4 Å². The lowest BCUT2D eigenvalue weighted by molar-refractivity contribution is -0.341. The number of nitrogens with one attached hydrogen (secondary N) is 2. The molecule has 2 amide bonds. The van der Waals surface area contributed by atoms with Crippen molar-refractivity contribution in [1.82, 2.24) is 20.2 Å². The van der Waals surface area contributed by atoms with Crippen LogP contribution in [0.4, 0.5) is 5.82 Å². The number of phosphoric acid groups is 1. The molecule has 29 nitrogen and oxygen atoms in total. The van der Waals surface area contributed by atoms with E-state index < -0.39 is 167 Å². The van der Waals surface area contributed by atoms with Gasteiger partial charge in [-0.05, 0) is 6.07 Å². The summed E-state index contributed by atoms with van der Waals surface area (Å²) in [7, 11) is -5.81. The van der Waals surface area contributed by atoms with Crippen molar-refractivity contribution in [1.29, 1.82) is 0 Å². The Morgan fingerprint density at radius 3 is 1.93 bits per heavy atom. The number of aliphatic carboxylic acids is 2. The van der Waals surface area contributed by atoms with Gasteiger partial charge in [0.15, 0.2) is 6.23 Å². The third-order valence-electron chi connectivity index (χ3n) is 9.82. The highest BCUT2D eigenvalue weighted by molar-refractivity contribution is 7.47. The number of nitrogens with zero attached hydrogens (tertiary/aromatic N) is 2. The first-order valence-electron chi connectivity index (χ1n) is 18.0. The molecule has 1 aromatic heterocycles. The highest BCUT2D eigenvalue weighted by Gasteiger charge is 2.61. The Morgan fingerprint density at radius 2 is 1.44 bits per heavy atom. The fraction of sp³-hybridized carbons (Fsp3) is 0.742. The summed E-state index contributed by atoms with van der Waals surface area (Å²) in [6.07, 6.45) is -26.6. The Hall–Kier alpha value is -3.85. The van der Waals surface area contributed by atoms with Crippen molar-refractivity contribution in [2.45, 2.75) is 124 Å². The number of phosphoric ester groups is 1. The van der Waals surface area contributed by atoms with E-state index in [1.54, 1.807) is 0 Å². The van der Waals surface area contributed by atoms with Gasteiger partial charge in [-0.1, -0.05) is 0 Å². The largest absolute Gasteiger partial charge is 0.477 e. The average Bonchev–Trinajstić information content (AvgIpc) is 3.45. The number of carbonyl (C=O) groups is 4. The van der Waals surface area contributed by atoms with Gasteiger partial charge < -0.3 is 96.4 Å². The minimum Gasteiger partial charge on any atom is -0.477 e. The molecule has 3 aliphatic heterocycles. The average molecular weight is 906 g/mol. The van der Waals surface area contributed by atoms with Gasteiger partial charge in [0.25, 0.3) is 11.6 Å². The number of nitrogens with two attached hydrogens (primary N) is 1. The molecule has 61 heavy (non-hydrogen) atoms. The normalized spacial score (nSPS) is 35.9. The van der Waals surface area contributed by atoms with E-state index in [0.717, 1.165) is 30.7 Å². The summed E-state index contributed by atoms with van der Waals surface area (Å²) >= 11 is 0. The van der Waals surface area contributed by atoms with E-state index in [1.165, 1.54) is 0 Å².